The first kappa shape index (κ1) is 14.2. The van der Waals surface area contributed by atoms with E-state index in [0.717, 1.165) is 11.4 Å². The van der Waals surface area contributed by atoms with Crippen LogP contribution < -0.4 is 10.1 Å². The predicted octanol–water partition coefficient (Wildman–Crippen LogP) is 2.66. The number of aryl methyl sites for hydroxylation is 1. The smallest absolute Gasteiger partial charge is 0.251 e. The van der Waals surface area contributed by atoms with Crippen molar-refractivity contribution in [3.8, 4) is 5.75 Å². The molecule has 0 bridgehead atoms. The minimum Gasteiger partial charge on any atom is -0.494 e. The van der Waals surface area contributed by atoms with Crippen molar-refractivity contribution in [1.82, 2.24) is 9.88 Å². The third kappa shape index (κ3) is 3.20. The summed E-state index contributed by atoms with van der Waals surface area (Å²) in [5, 5.41) is 2.92. The molecule has 1 aromatic heterocycles. The fourth-order valence-electron chi connectivity index (χ4n) is 1.99. The van der Waals surface area contributed by atoms with Gasteiger partial charge < -0.3 is 14.6 Å². The van der Waals surface area contributed by atoms with Gasteiger partial charge in [0.15, 0.2) is 0 Å². The number of nitrogens with one attached hydrogen (secondary N) is 1. The molecule has 106 valence electrons. The Labute approximate surface area is 119 Å². The quantitative estimate of drug-likeness (QED) is 0.909. The van der Waals surface area contributed by atoms with Gasteiger partial charge >= 0.3 is 0 Å². The van der Waals surface area contributed by atoms with Crippen LogP contribution in [-0.2, 0) is 13.6 Å². The lowest BCUT2D eigenvalue weighted by Crippen LogP contribution is -2.23. The second-order valence-electron chi connectivity index (χ2n) is 4.67. The molecule has 0 fully saturated rings. The largest absolute Gasteiger partial charge is 0.494 e. The summed E-state index contributed by atoms with van der Waals surface area (Å²) in [5.74, 6) is 0.703. The van der Waals surface area contributed by atoms with Crippen LogP contribution in [0.25, 0.3) is 0 Å². The Kier molecular flexibility index (Phi) is 4.45. The average molecular weight is 272 g/mol. The normalized spacial score (nSPS) is 10.3. The molecular formula is C16H20N2O2. The Bertz CT molecular complexity index is 585. The third-order valence-electron chi connectivity index (χ3n) is 3.33. The molecule has 0 radical (unpaired) electrons. The molecule has 0 atom stereocenters. The number of rotatable bonds is 5. The first-order valence-corrected chi connectivity index (χ1v) is 6.74. The summed E-state index contributed by atoms with van der Waals surface area (Å²) in [6.07, 6.45) is 0. The van der Waals surface area contributed by atoms with E-state index < -0.39 is 0 Å². The van der Waals surface area contributed by atoms with Crippen LogP contribution in [0.5, 0.6) is 5.75 Å². The van der Waals surface area contributed by atoms with E-state index >= 15 is 0 Å². The third-order valence-corrected chi connectivity index (χ3v) is 3.33. The van der Waals surface area contributed by atoms with Crippen molar-refractivity contribution in [2.75, 3.05) is 6.61 Å². The molecule has 2 aromatic rings. The van der Waals surface area contributed by atoms with Crippen molar-refractivity contribution < 1.29 is 9.53 Å². The number of benzene rings is 1. The van der Waals surface area contributed by atoms with Gasteiger partial charge in [0.2, 0.25) is 0 Å². The number of nitrogens with zero attached hydrogens (tertiary/aromatic N) is 1. The van der Waals surface area contributed by atoms with E-state index in [9.17, 15) is 4.79 Å². The SMILES string of the molecule is CCOc1ccc(C(=O)NCc2ccc(C)n2C)cc1. The van der Waals surface area contributed by atoms with Gasteiger partial charge in [-0.2, -0.15) is 0 Å². The number of aromatic nitrogens is 1. The second-order valence-corrected chi connectivity index (χ2v) is 4.67. The Morgan fingerprint density at radius 3 is 2.45 bits per heavy atom. The maximum Gasteiger partial charge on any atom is 0.251 e. The Hall–Kier alpha value is -2.23. The molecule has 0 saturated carbocycles. The van der Waals surface area contributed by atoms with Crippen molar-refractivity contribution in [2.24, 2.45) is 7.05 Å². The van der Waals surface area contributed by atoms with Crippen molar-refractivity contribution in [2.45, 2.75) is 20.4 Å². The highest BCUT2D eigenvalue weighted by molar-refractivity contribution is 5.94. The van der Waals surface area contributed by atoms with Crippen molar-refractivity contribution in [3.63, 3.8) is 0 Å². The van der Waals surface area contributed by atoms with Crippen LogP contribution in [0.3, 0.4) is 0 Å². The molecule has 4 nitrogen and oxygen atoms in total. The average Bonchev–Trinajstić information content (AvgIpc) is 2.77. The Morgan fingerprint density at radius 2 is 1.90 bits per heavy atom. The highest BCUT2D eigenvalue weighted by Crippen LogP contribution is 2.12. The van der Waals surface area contributed by atoms with E-state index in [0.29, 0.717) is 18.7 Å². The van der Waals surface area contributed by atoms with E-state index in [2.05, 4.69) is 9.88 Å². The summed E-state index contributed by atoms with van der Waals surface area (Å²) < 4.78 is 7.42. The summed E-state index contributed by atoms with van der Waals surface area (Å²) in [6, 6.07) is 11.2. The number of hydrogen-bond donors (Lipinski definition) is 1. The Morgan fingerprint density at radius 1 is 1.20 bits per heavy atom. The topological polar surface area (TPSA) is 43.3 Å². The maximum absolute atomic E-state index is 12.0. The van der Waals surface area contributed by atoms with Crippen molar-refractivity contribution >= 4 is 5.91 Å². The monoisotopic (exact) mass is 272 g/mol. The minimum atomic E-state index is -0.0769. The lowest BCUT2D eigenvalue weighted by molar-refractivity contribution is 0.0950. The summed E-state index contributed by atoms with van der Waals surface area (Å²) in [5.41, 5.74) is 2.90. The fourth-order valence-corrected chi connectivity index (χ4v) is 1.99. The molecule has 0 spiro atoms. The van der Waals surface area contributed by atoms with Crippen molar-refractivity contribution in [3.05, 3.63) is 53.3 Å². The van der Waals surface area contributed by atoms with Gasteiger partial charge in [-0.05, 0) is 50.2 Å². The molecule has 0 saturated heterocycles. The van der Waals surface area contributed by atoms with Gasteiger partial charge in [0.25, 0.3) is 5.91 Å². The van der Waals surface area contributed by atoms with Gasteiger partial charge in [0, 0.05) is 24.0 Å². The van der Waals surface area contributed by atoms with Crippen LogP contribution in [0.2, 0.25) is 0 Å². The van der Waals surface area contributed by atoms with Gasteiger partial charge in [-0.15, -0.1) is 0 Å². The number of ether oxygens (including phenoxy) is 1. The molecule has 2 rings (SSSR count). The summed E-state index contributed by atoms with van der Waals surface area (Å²) in [6.45, 7) is 5.12. The molecule has 4 heteroatoms. The van der Waals surface area contributed by atoms with Gasteiger partial charge in [0.1, 0.15) is 5.75 Å². The number of carbonyl (C=O) groups excluding carboxylic acids is 1. The molecule has 0 aliphatic carbocycles. The summed E-state index contributed by atoms with van der Waals surface area (Å²) in [7, 11) is 1.99. The van der Waals surface area contributed by atoms with E-state index in [4.69, 9.17) is 4.74 Å². The Balaban J connectivity index is 1.96. The number of hydrogen-bond acceptors (Lipinski definition) is 2. The lowest BCUT2D eigenvalue weighted by Gasteiger charge is -2.08. The van der Waals surface area contributed by atoms with Crippen LogP contribution >= 0.6 is 0 Å². The van der Waals surface area contributed by atoms with E-state index in [1.165, 1.54) is 5.69 Å². The molecule has 0 aliphatic heterocycles. The highest BCUT2D eigenvalue weighted by Gasteiger charge is 2.07. The van der Waals surface area contributed by atoms with E-state index in [1.807, 2.05) is 45.2 Å². The van der Waals surface area contributed by atoms with Crippen LogP contribution in [0, 0.1) is 6.92 Å². The molecule has 1 amide bonds. The fraction of sp³-hybridized carbons (Fsp3) is 0.312. The zero-order chi connectivity index (χ0) is 14.5. The first-order valence-electron chi connectivity index (χ1n) is 6.74. The number of carbonyl (C=O) groups is 1. The van der Waals surface area contributed by atoms with Crippen LogP contribution in [-0.4, -0.2) is 17.1 Å². The van der Waals surface area contributed by atoms with Gasteiger partial charge in [-0.25, -0.2) is 0 Å². The van der Waals surface area contributed by atoms with Gasteiger partial charge in [-0.3, -0.25) is 4.79 Å². The van der Waals surface area contributed by atoms with Crippen LogP contribution in [0.4, 0.5) is 0 Å². The van der Waals surface area contributed by atoms with Gasteiger partial charge in [-0.1, -0.05) is 0 Å². The minimum absolute atomic E-state index is 0.0769. The van der Waals surface area contributed by atoms with Gasteiger partial charge in [0.05, 0.1) is 13.2 Å². The zero-order valence-corrected chi connectivity index (χ0v) is 12.1. The molecule has 0 unspecified atom stereocenters. The molecule has 20 heavy (non-hydrogen) atoms. The van der Waals surface area contributed by atoms with E-state index in [-0.39, 0.29) is 5.91 Å². The zero-order valence-electron chi connectivity index (χ0n) is 12.1. The van der Waals surface area contributed by atoms with Crippen LogP contribution in [0.1, 0.15) is 28.7 Å². The standard InChI is InChI=1S/C16H20N2O2/c1-4-20-15-9-6-13(7-10-15)16(19)17-11-14-8-5-12(2)18(14)3/h5-10H,4,11H2,1-3H3,(H,17,19). The first-order chi connectivity index (χ1) is 9.61. The summed E-state index contributed by atoms with van der Waals surface area (Å²) in [4.78, 5) is 12.0. The second kappa shape index (κ2) is 6.28. The lowest BCUT2D eigenvalue weighted by atomic mass is 10.2. The summed E-state index contributed by atoms with van der Waals surface area (Å²) >= 11 is 0. The predicted molar refractivity (Wildman–Crippen MR) is 78.9 cm³/mol. The molecule has 1 aromatic carbocycles. The molecule has 1 heterocycles. The molecule has 1 N–H and O–H groups in total. The van der Waals surface area contributed by atoms with E-state index in [1.54, 1.807) is 12.1 Å². The van der Waals surface area contributed by atoms with Crippen molar-refractivity contribution in [1.29, 1.82) is 0 Å². The number of amides is 1. The molecular weight excluding hydrogens is 252 g/mol. The maximum atomic E-state index is 12.0. The van der Waals surface area contributed by atoms with Crippen LogP contribution in [0.15, 0.2) is 36.4 Å². The molecule has 0 aliphatic rings. The highest BCUT2D eigenvalue weighted by atomic mass is 16.5.